The van der Waals surface area contributed by atoms with Crippen LogP contribution in [-0.2, 0) is 28.9 Å². The average molecular weight is 437 g/mol. The van der Waals surface area contributed by atoms with Gasteiger partial charge in [-0.3, -0.25) is 9.59 Å². The van der Waals surface area contributed by atoms with Crippen LogP contribution in [0.25, 0.3) is 0 Å². The minimum Gasteiger partial charge on any atom is -0.497 e. The number of ether oxygens (including phenoxy) is 2. The summed E-state index contributed by atoms with van der Waals surface area (Å²) >= 11 is 0. The van der Waals surface area contributed by atoms with Crippen molar-refractivity contribution in [3.05, 3.63) is 59.2 Å². The van der Waals surface area contributed by atoms with Gasteiger partial charge in [0.25, 0.3) is 5.91 Å². The van der Waals surface area contributed by atoms with Gasteiger partial charge in [-0.15, -0.1) is 0 Å². The summed E-state index contributed by atoms with van der Waals surface area (Å²) < 4.78 is 11.0. The summed E-state index contributed by atoms with van der Waals surface area (Å²) in [6.07, 6.45) is 5.39. The minimum absolute atomic E-state index is 0.0157. The number of rotatable bonds is 7. The second-order valence-corrected chi connectivity index (χ2v) is 8.54. The van der Waals surface area contributed by atoms with Crippen LogP contribution in [0.1, 0.15) is 36.0 Å². The molecular formula is C26H32N2O4. The molecule has 1 fully saturated rings. The molecule has 1 aliphatic carbocycles. The molecule has 170 valence electrons. The van der Waals surface area contributed by atoms with E-state index in [0.29, 0.717) is 39.0 Å². The van der Waals surface area contributed by atoms with Gasteiger partial charge in [0.05, 0.1) is 7.11 Å². The lowest BCUT2D eigenvalue weighted by Crippen LogP contribution is -2.39. The maximum Gasteiger partial charge on any atom is 0.260 e. The van der Waals surface area contributed by atoms with Crippen molar-refractivity contribution in [2.24, 2.45) is 0 Å². The average Bonchev–Trinajstić information content (AvgIpc) is 3.15. The molecule has 0 aromatic heterocycles. The van der Waals surface area contributed by atoms with Crippen LogP contribution in [0, 0.1) is 0 Å². The Morgan fingerprint density at radius 3 is 2.25 bits per heavy atom. The second kappa shape index (κ2) is 10.5. The number of hydrogen-bond acceptors (Lipinski definition) is 4. The maximum absolute atomic E-state index is 12.7. The number of amides is 2. The number of aryl methyl sites for hydroxylation is 3. The highest BCUT2D eigenvalue weighted by Crippen LogP contribution is 2.26. The molecule has 2 aliphatic rings. The topological polar surface area (TPSA) is 59.1 Å². The minimum atomic E-state index is -0.0157. The first-order valence-corrected chi connectivity index (χ1v) is 11.6. The largest absolute Gasteiger partial charge is 0.497 e. The third-order valence-electron chi connectivity index (χ3n) is 6.42. The Kier molecular flexibility index (Phi) is 7.30. The predicted octanol–water partition coefficient (Wildman–Crippen LogP) is 3.26. The smallest absolute Gasteiger partial charge is 0.260 e. The summed E-state index contributed by atoms with van der Waals surface area (Å²) in [5.74, 6) is 1.71. The van der Waals surface area contributed by atoms with Crippen molar-refractivity contribution in [2.75, 3.05) is 39.9 Å². The van der Waals surface area contributed by atoms with Gasteiger partial charge in [0.15, 0.2) is 6.61 Å². The standard InChI is InChI=1S/C26H32N2O4/c1-31-23-10-6-20(7-11-23)8-13-25(29)27-14-3-15-28(17-16-27)26(30)19-32-24-12-9-21-4-2-5-22(21)18-24/h6-7,9-12,18H,2-5,8,13-17,19H2,1H3. The molecule has 0 spiro atoms. The molecule has 1 aliphatic heterocycles. The molecule has 0 atom stereocenters. The third kappa shape index (κ3) is 5.61. The van der Waals surface area contributed by atoms with Crippen LogP contribution in [0.2, 0.25) is 0 Å². The Hall–Kier alpha value is -3.02. The number of benzene rings is 2. The Morgan fingerprint density at radius 2 is 1.50 bits per heavy atom. The molecule has 1 heterocycles. The SMILES string of the molecule is COc1ccc(CCC(=O)N2CCCN(C(=O)COc3ccc4c(c3)CCC4)CC2)cc1. The molecular weight excluding hydrogens is 404 g/mol. The molecule has 2 aromatic carbocycles. The van der Waals surface area contributed by atoms with E-state index in [1.165, 1.54) is 17.5 Å². The van der Waals surface area contributed by atoms with Gasteiger partial charge in [-0.25, -0.2) is 0 Å². The molecule has 2 aromatic rings. The number of nitrogens with zero attached hydrogens (tertiary/aromatic N) is 2. The summed E-state index contributed by atoms with van der Waals surface area (Å²) in [4.78, 5) is 29.1. The summed E-state index contributed by atoms with van der Waals surface area (Å²) in [7, 11) is 1.64. The van der Waals surface area contributed by atoms with Gasteiger partial charge >= 0.3 is 0 Å². The molecule has 2 amide bonds. The van der Waals surface area contributed by atoms with E-state index in [4.69, 9.17) is 9.47 Å². The van der Waals surface area contributed by atoms with Gasteiger partial charge in [-0.1, -0.05) is 18.2 Å². The van der Waals surface area contributed by atoms with Crippen molar-refractivity contribution in [3.8, 4) is 11.5 Å². The highest BCUT2D eigenvalue weighted by Gasteiger charge is 2.22. The van der Waals surface area contributed by atoms with Crippen LogP contribution in [-0.4, -0.2) is 61.5 Å². The summed E-state index contributed by atoms with van der Waals surface area (Å²) in [5.41, 5.74) is 3.86. The van der Waals surface area contributed by atoms with Crippen LogP contribution in [0.3, 0.4) is 0 Å². The first kappa shape index (κ1) is 22.2. The molecule has 1 saturated heterocycles. The van der Waals surface area contributed by atoms with Crippen molar-refractivity contribution in [3.63, 3.8) is 0 Å². The molecule has 6 nitrogen and oxygen atoms in total. The predicted molar refractivity (Wildman–Crippen MR) is 123 cm³/mol. The highest BCUT2D eigenvalue weighted by atomic mass is 16.5. The van der Waals surface area contributed by atoms with Gasteiger partial charge < -0.3 is 19.3 Å². The van der Waals surface area contributed by atoms with Crippen molar-refractivity contribution in [1.82, 2.24) is 9.80 Å². The normalized spacial score (nSPS) is 15.8. The van der Waals surface area contributed by atoms with Crippen LogP contribution in [0.4, 0.5) is 0 Å². The van der Waals surface area contributed by atoms with Crippen LogP contribution in [0.5, 0.6) is 11.5 Å². The Labute approximate surface area is 190 Å². The Morgan fingerprint density at radius 1 is 0.812 bits per heavy atom. The Bertz CT molecular complexity index is 941. The lowest BCUT2D eigenvalue weighted by molar-refractivity contribution is -0.134. The zero-order valence-corrected chi connectivity index (χ0v) is 18.8. The molecule has 32 heavy (non-hydrogen) atoms. The molecule has 0 saturated carbocycles. The fraction of sp³-hybridized carbons (Fsp3) is 0.462. The first-order chi connectivity index (χ1) is 15.6. The van der Waals surface area contributed by atoms with Gasteiger partial charge in [-0.05, 0) is 73.1 Å². The van der Waals surface area contributed by atoms with E-state index in [2.05, 4.69) is 12.1 Å². The van der Waals surface area contributed by atoms with Gasteiger partial charge in [0.1, 0.15) is 11.5 Å². The fourth-order valence-corrected chi connectivity index (χ4v) is 4.49. The molecule has 0 N–H and O–H groups in total. The first-order valence-electron chi connectivity index (χ1n) is 11.6. The van der Waals surface area contributed by atoms with E-state index in [1.54, 1.807) is 7.11 Å². The van der Waals surface area contributed by atoms with E-state index < -0.39 is 0 Å². The number of carbonyl (C=O) groups is 2. The summed E-state index contributed by atoms with van der Waals surface area (Å²) in [6, 6.07) is 14.0. The molecule has 6 heteroatoms. The van der Waals surface area contributed by atoms with Gasteiger partial charge in [0, 0.05) is 32.6 Å². The summed E-state index contributed by atoms with van der Waals surface area (Å²) in [6.45, 7) is 2.53. The van der Waals surface area contributed by atoms with Gasteiger partial charge in [-0.2, -0.15) is 0 Å². The molecule has 0 radical (unpaired) electrons. The fourth-order valence-electron chi connectivity index (χ4n) is 4.49. The van der Waals surface area contributed by atoms with Crippen LogP contribution < -0.4 is 9.47 Å². The van der Waals surface area contributed by atoms with Crippen molar-refractivity contribution in [2.45, 2.75) is 38.5 Å². The lowest BCUT2D eigenvalue weighted by Gasteiger charge is -2.22. The second-order valence-electron chi connectivity index (χ2n) is 8.54. The zero-order valence-electron chi connectivity index (χ0n) is 18.8. The summed E-state index contributed by atoms with van der Waals surface area (Å²) in [5, 5.41) is 0. The van der Waals surface area contributed by atoms with Crippen molar-refractivity contribution >= 4 is 11.8 Å². The molecule has 0 unspecified atom stereocenters. The van der Waals surface area contributed by atoms with E-state index in [1.807, 2.05) is 40.1 Å². The number of carbonyl (C=O) groups excluding carboxylic acids is 2. The molecule has 4 rings (SSSR count). The Balaban J connectivity index is 1.22. The molecule has 0 bridgehead atoms. The highest BCUT2D eigenvalue weighted by molar-refractivity contribution is 5.79. The third-order valence-corrected chi connectivity index (χ3v) is 6.42. The lowest BCUT2D eigenvalue weighted by atomic mass is 10.1. The van der Waals surface area contributed by atoms with Crippen molar-refractivity contribution in [1.29, 1.82) is 0 Å². The van der Waals surface area contributed by atoms with Crippen LogP contribution in [0.15, 0.2) is 42.5 Å². The number of hydrogen-bond donors (Lipinski definition) is 0. The van der Waals surface area contributed by atoms with Crippen LogP contribution >= 0.6 is 0 Å². The maximum atomic E-state index is 12.7. The number of methoxy groups -OCH3 is 1. The van der Waals surface area contributed by atoms with E-state index in [9.17, 15) is 9.59 Å². The van der Waals surface area contributed by atoms with Gasteiger partial charge in [0.2, 0.25) is 5.91 Å². The van der Waals surface area contributed by atoms with E-state index in [-0.39, 0.29) is 18.4 Å². The number of fused-ring (bicyclic) bond motifs is 1. The van der Waals surface area contributed by atoms with E-state index >= 15 is 0 Å². The van der Waals surface area contributed by atoms with E-state index in [0.717, 1.165) is 36.3 Å². The monoisotopic (exact) mass is 436 g/mol. The zero-order chi connectivity index (χ0) is 22.3. The van der Waals surface area contributed by atoms with Crippen molar-refractivity contribution < 1.29 is 19.1 Å². The quantitative estimate of drug-likeness (QED) is 0.669.